The molecule has 0 radical (unpaired) electrons. The van der Waals surface area contributed by atoms with Crippen molar-refractivity contribution in [2.24, 2.45) is 5.73 Å². The van der Waals surface area contributed by atoms with Gasteiger partial charge in [-0.3, -0.25) is 9.52 Å². The number of rotatable bonds is 6. The highest BCUT2D eigenvalue weighted by Crippen LogP contribution is 2.23. The van der Waals surface area contributed by atoms with Gasteiger partial charge in [-0.15, -0.1) is 0 Å². The first-order valence-electron chi connectivity index (χ1n) is 6.89. The van der Waals surface area contributed by atoms with Crippen LogP contribution in [0.25, 0.3) is 0 Å². The van der Waals surface area contributed by atoms with Crippen LogP contribution in [0.15, 0.2) is 47.4 Å². The number of hydrogen-bond acceptors (Lipinski definition) is 4. The van der Waals surface area contributed by atoms with E-state index in [1.807, 2.05) is 19.1 Å². The Morgan fingerprint density at radius 3 is 2.35 bits per heavy atom. The van der Waals surface area contributed by atoms with E-state index in [-0.39, 0.29) is 11.5 Å². The van der Waals surface area contributed by atoms with Crippen molar-refractivity contribution in [2.45, 2.75) is 18.7 Å². The minimum Gasteiger partial charge on any atom is -0.484 e. The summed E-state index contributed by atoms with van der Waals surface area (Å²) in [7, 11) is -3.69. The fourth-order valence-corrected chi connectivity index (χ4v) is 3.08. The van der Waals surface area contributed by atoms with Crippen LogP contribution < -0.4 is 15.2 Å². The minimum atomic E-state index is -3.69. The molecule has 0 saturated heterocycles. The maximum atomic E-state index is 12.4. The Balaban J connectivity index is 2.21. The first-order valence-corrected chi connectivity index (χ1v) is 8.37. The number of nitrogens with one attached hydrogen (secondary N) is 1. The second kappa shape index (κ2) is 6.70. The lowest BCUT2D eigenvalue weighted by Gasteiger charge is -2.11. The third kappa shape index (κ3) is 4.46. The summed E-state index contributed by atoms with van der Waals surface area (Å²) in [6, 6.07) is 11.4. The van der Waals surface area contributed by atoms with E-state index in [1.165, 1.54) is 18.2 Å². The lowest BCUT2D eigenvalue weighted by molar-refractivity contribution is -0.119. The van der Waals surface area contributed by atoms with E-state index in [4.69, 9.17) is 10.5 Å². The van der Waals surface area contributed by atoms with E-state index in [2.05, 4.69) is 4.72 Å². The fourth-order valence-electron chi connectivity index (χ4n) is 1.94. The second-order valence-electron chi connectivity index (χ2n) is 5.15. The average molecular weight is 334 g/mol. The summed E-state index contributed by atoms with van der Waals surface area (Å²) >= 11 is 0. The number of ether oxygens (including phenoxy) is 1. The Hall–Kier alpha value is -2.54. The summed E-state index contributed by atoms with van der Waals surface area (Å²) in [5, 5.41) is 0. The fraction of sp³-hybridized carbons (Fsp3) is 0.188. The maximum absolute atomic E-state index is 12.4. The number of anilines is 1. The lowest BCUT2D eigenvalue weighted by Crippen LogP contribution is -2.20. The zero-order valence-electron chi connectivity index (χ0n) is 12.9. The zero-order chi connectivity index (χ0) is 17.0. The Kier molecular flexibility index (Phi) is 4.90. The third-order valence-electron chi connectivity index (χ3n) is 3.13. The van der Waals surface area contributed by atoms with Crippen LogP contribution in [0.2, 0.25) is 0 Å². The van der Waals surface area contributed by atoms with Gasteiger partial charge in [0.15, 0.2) is 6.61 Å². The van der Waals surface area contributed by atoms with E-state index < -0.39 is 15.9 Å². The average Bonchev–Trinajstić information content (AvgIpc) is 2.48. The Bertz CT molecular complexity index is 814. The van der Waals surface area contributed by atoms with Crippen molar-refractivity contribution >= 4 is 21.6 Å². The number of carbonyl (C=O) groups is 1. The molecule has 3 N–H and O–H groups in total. The smallest absolute Gasteiger partial charge is 0.261 e. The summed E-state index contributed by atoms with van der Waals surface area (Å²) in [6.07, 6.45) is 0. The molecule has 0 bridgehead atoms. The van der Waals surface area contributed by atoms with Gasteiger partial charge in [-0.25, -0.2) is 8.42 Å². The Morgan fingerprint density at radius 1 is 1.13 bits per heavy atom. The molecule has 122 valence electrons. The molecule has 1 amide bonds. The molecule has 0 heterocycles. The van der Waals surface area contributed by atoms with Crippen LogP contribution in [-0.4, -0.2) is 20.9 Å². The summed E-state index contributed by atoms with van der Waals surface area (Å²) in [5.41, 5.74) is 7.14. The van der Waals surface area contributed by atoms with Gasteiger partial charge in [-0.2, -0.15) is 0 Å². The molecule has 0 aliphatic heterocycles. The van der Waals surface area contributed by atoms with Crippen molar-refractivity contribution in [3.8, 4) is 5.75 Å². The summed E-state index contributed by atoms with van der Waals surface area (Å²) in [6.45, 7) is 3.36. The lowest BCUT2D eigenvalue weighted by atomic mass is 10.2. The molecule has 2 aromatic rings. The molecular formula is C16H18N2O4S. The van der Waals surface area contributed by atoms with Crippen LogP contribution >= 0.6 is 0 Å². The van der Waals surface area contributed by atoms with Gasteiger partial charge in [0.05, 0.1) is 4.90 Å². The molecule has 0 spiro atoms. The van der Waals surface area contributed by atoms with Crippen LogP contribution in [0.4, 0.5) is 5.69 Å². The van der Waals surface area contributed by atoms with Crippen molar-refractivity contribution in [1.82, 2.24) is 0 Å². The van der Waals surface area contributed by atoms with Gasteiger partial charge in [0.1, 0.15) is 5.75 Å². The van der Waals surface area contributed by atoms with Crippen LogP contribution in [-0.2, 0) is 14.8 Å². The SMILES string of the molecule is Cc1ccc(NS(=O)(=O)c2ccc(OCC(N)=O)c(C)c2)cc1. The highest BCUT2D eigenvalue weighted by molar-refractivity contribution is 7.92. The van der Waals surface area contributed by atoms with Gasteiger partial charge < -0.3 is 10.5 Å². The second-order valence-corrected chi connectivity index (χ2v) is 6.84. The van der Waals surface area contributed by atoms with E-state index in [0.717, 1.165) is 5.56 Å². The Labute approximate surface area is 135 Å². The van der Waals surface area contributed by atoms with Crippen LogP contribution in [0, 0.1) is 13.8 Å². The molecule has 0 unspecified atom stereocenters. The molecule has 7 heteroatoms. The molecule has 23 heavy (non-hydrogen) atoms. The van der Waals surface area contributed by atoms with Gasteiger partial charge >= 0.3 is 0 Å². The van der Waals surface area contributed by atoms with Crippen molar-refractivity contribution in [1.29, 1.82) is 0 Å². The minimum absolute atomic E-state index is 0.113. The highest BCUT2D eigenvalue weighted by Gasteiger charge is 2.16. The number of benzene rings is 2. The normalized spacial score (nSPS) is 11.0. The highest BCUT2D eigenvalue weighted by atomic mass is 32.2. The molecule has 0 aliphatic carbocycles. The van der Waals surface area contributed by atoms with Crippen molar-refractivity contribution in [2.75, 3.05) is 11.3 Å². The van der Waals surface area contributed by atoms with Crippen molar-refractivity contribution < 1.29 is 17.9 Å². The molecule has 0 saturated carbocycles. The quantitative estimate of drug-likeness (QED) is 0.843. The van der Waals surface area contributed by atoms with E-state index >= 15 is 0 Å². The van der Waals surface area contributed by atoms with Crippen LogP contribution in [0.3, 0.4) is 0 Å². The first kappa shape index (κ1) is 16.8. The van der Waals surface area contributed by atoms with Gasteiger partial charge in [-0.1, -0.05) is 17.7 Å². The summed E-state index contributed by atoms with van der Waals surface area (Å²) in [4.78, 5) is 10.8. The van der Waals surface area contributed by atoms with Crippen molar-refractivity contribution in [3.63, 3.8) is 0 Å². The van der Waals surface area contributed by atoms with Crippen LogP contribution in [0.5, 0.6) is 5.75 Å². The molecule has 2 aromatic carbocycles. The van der Waals surface area contributed by atoms with Gasteiger partial charge in [-0.05, 0) is 49.7 Å². The van der Waals surface area contributed by atoms with Gasteiger partial charge in [0.2, 0.25) is 0 Å². The topological polar surface area (TPSA) is 98.5 Å². The largest absolute Gasteiger partial charge is 0.484 e. The van der Waals surface area contributed by atoms with Crippen LogP contribution in [0.1, 0.15) is 11.1 Å². The zero-order valence-corrected chi connectivity index (χ0v) is 13.7. The predicted octanol–water partition coefficient (Wildman–Crippen LogP) is 1.97. The number of nitrogens with two attached hydrogens (primary N) is 1. The molecule has 0 aromatic heterocycles. The molecule has 2 rings (SSSR count). The number of sulfonamides is 1. The summed E-state index contributed by atoms with van der Waals surface area (Å²) in [5.74, 6) is -0.180. The number of carbonyl (C=O) groups excluding carboxylic acids is 1. The third-order valence-corrected chi connectivity index (χ3v) is 4.51. The molecule has 6 nitrogen and oxygen atoms in total. The molecule has 0 fully saturated rings. The molecule has 0 aliphatic rings. The number of hydrogen-bond donors (Lipinski definition) is 2. The van der Waals surface area contributed by atoms with Crippen molar-refractivity contribution in [3.05, 3.63) is 53.6 Å². The first-order chi connectivity index (χ1) is 10.8. The number of amides is 1. The van der Waals surface area contributed by atoms with E-state index in [1.54, 1.807) is 19.1 Å². The molecule has 0 atom stereocenters. The standard InChI is InChI=1S/C16H18N2O4S/c1-11-3-5-13(6-4-11)18-23(20,21)14-7-8-15(12(2)9-14)22-10-16(17)19/h3-9,18H,10H2,1-2H3,(H2,17,19). The van der Waals surface area contributed by atoms with E-state index in [0.29, 0.717) is 17.0 Å². The maximum Gasteiger partial charge on any atom is 0.261 e. The predicted molar refractivity (Wildman–Crippen MR) is 87.9 cm³/mol. The molecular weight excluding hydrogens is 316 g/mol. The Morgan fingerprint density at radius 2 is 1.78 bits per heavy atom. The monoisotopic (exact) mass is 334 g/mol. The van der Waals surface area contributed by atoms with Gasteiger partial charge in [0, 0.05) is 5.69 Å². The van der Waals surface area contributed by atoms with E-state index in [9.17, 15) is 13.2 Å². The number of primary amides is 1. The summed E-state index contributed by atoms with van der Waals surface area (Å²) < 4.78 is 32.5. The number of aryl methyl sites for hydroxylation is 2. The van der Waals surface area contributed by atoms with Gasteiger partial charge in [0.25, 0.3) is 15.9 Å².